The van der Waals surface area contributed by atoms with E-state index in [-0.39, 0.29) is 16.7 Å². The number of allylic oxidation sites excluding steroid dienone is 4. The van der Waals surface area contributed by atoms with Crippen molar-refractivity contribution in [2.24, 2.45) is 0 Å². The van der Waals surface area contributed by atoms with E-state index in [1.54, 1.807) is 46.0 Å². The van der Waals surface area contributed by atoms with E-state index in [0.717, 1.165) is 50.2 Å². The summed E-state index contributed by atoms with van der Waals surface area (Å²) in [6.45, 7) is 10.7. The van der Waals surface area contributed by atoms with Gasteiger partial charge in [-0.25, -0.2) is 4.98 Å². The number of rotatable bonds is 9. The van der Waals surface area contributed by atoms with Gasteiger partial charge in [-0.2, -0.15) is 0 Å². The number of aryl methyl sites for hydroxylation is 2. The lowest BCUT2D eigenvalue weighted by atomic mass is 9.84. The Balaban J connectivity index is 1.30. The fourth-order valence-electron chi connectivity index (χ4n) is 8.82. The van der Waals surface area contributed by atoms with Crippen molar-refractivity contribution in [1.82, 2.24) is 14.5 Å². The Hall–Kier alpha value is -6.78. The molecule has 0 amide bonds. The summed E-state index contributed by atoms with van der Waals surface area (Å²) in [6, 6.07) is 41.4. The summed E-state index contributed by atoms with van der Waals surface area (Å²) in [5.74, 6) is -1.55. The number of imidazole rings is 1. The van der Waals surface area contributed by atoms with Crippen LogP contribution in [0.5, 0.6) is 5.75 Å². The van der Waals surface area contributed by atoms with E-state index >= 15 is 0 Å². The molecular weight excluding hydrogens is 791 g/mol. The summed E-state index contributed by atoms with van der Waals surface area (Å²) in [4.78, 5) is 10.3. The predicted octanol–water partition coefficient (Wildman–Crippen LogP) is 16.7. The van der Waals surface area contributed by atoms with Crippen LogP contribution in [0.1, 0.15) is 124 Å². The number of phenols is 1. The van der Waals surface area contributed by atoms with Gasteiger partial charge in [0.25, 0.3) is 0 Å². The van der Waals surface area contributed by atoms with Gasteiger partial charge in [-0.1, -0.05) is 139 Å². The number of phenolic OH excluding ortho intramolecular Hbond substituents is 1. The molecule has 2 heterocycles. The van der Waals surface area contributed by atoms with Gasteiger partial charge < -0.3 is 5.11 Å². The molecule has 0 atom stereocenters. The molecule has 6 aromatic carbocycles. The third-order valence-corrected chi connectivity index (χ3v) is 12.7. The summed E-state index contributed by atoms with van der Waals surface area (Å²) in [7, 11) is 0. The van der Waals surface area contributed by atoms with Gasteiger partial charge in [0, 0.05) is 28.3 Å². The second-order valence-corrected chi connectivity index (χ2v) is 18.9. The SMILES string of the molecule is [2H]C([2H])([2H])C1=CC=C(c2ccnc(-c3cc(-c4ccccc4)cc(-c4cccc5c4nc(-c4cc(C(C)(C)C)cc(C)c4O)n5-c4ccc(-c5cc(C([2H])(C)C)cc(C([2H])(C)C)c5)cc4C([2H])([2H])[2H])c3)c2)CC1. The summed E-state index contributed by atoms with van der Waals surface area (Å²) in [5.41, 5.74) is 13.8. The highest BCUT2D eigenvalue weighted by molar-refractivity contribution is 5.98. The zero-order valence-corrected chi connectivity index (χ0v) is 38.6. The molecule has 9 rings (SSSR count). The molecule has 0 radical (unpaired) electrons. The summed E-state index contributed by atoms with van der Waals surface area (Å²) in [5, 5.41) is 12.1. The molecule has 65 heavy (non-hydrogen) atoms. The highest BCUT2D eigenvalue weighted by atomic mass is 16.3. The Kier molecular flexibility index (Phi) is 9.21. The monoisotopic (exact) mass is 860 g/mol. The number of hydrogen-bond acceptors (Lipinski definition) is 3. The molecule has 2 aromatic heterocycles. The number of aromatic nitrogens is 3. The van der Waals surface area contributed by atoms with Crippen molar-refractivity contribution < 1.29 is 16.1 Å². The Morgan fingerprint density at radius 3 is 2.06 bits per heavy atom. The van der Waals surface area contributed by atoms with Crippen LogP contribution in [0.4, 0.5) is 0 Å². The lowest BCUT2D eigenvalue weighted by Crippen LogP contribution is -2.12. The number of fused-ring (bicyclic) bond motifs is 1. The maximum atomic E-state index is 12.1. The minimum absolute atomic E-state index is 0.0380. The number of nitrogens with zero attached hydrogens (tertiary/aromatic N) is 3. The zero-order valence-electron chi connectivity index (χ0n) is 46.6. The van der Waals surface area contributed by atoms with E-state index < -0.39 is 25.5 Å². The number of para-hydroxylation sites is 1. The van der Waals surface area contributed by atoms with Crippen LogP contribution in [0, 0.1) is 13.8 Å². The molecule has 0 spiro atoms. The largest absolute Gasteiger partial charge is 0.507 e. The Morgan fingerprint density at radius 2 is 1.37 bits per heavy atom. The average Bonchev–Trinajstić information content (AvgIpc) is 3.73. The second kappa shape index (κ2) is 17.3. The summed E-state index contributed by atoms with van der Waals surface area (Å²) in [6.07, 6.45) is 6.46. The molecule has 1 aliphatic rings. The van der Waals surface area contributed by atoms with Crippen molar-refractivity contribution in [2.75, 3.05) is 0 Å². The van der Waals surface area contributed by atoms with E-state index in [0.29, 0.717) is 74.3 Å². The third-order valence-electron chi connectivity index (χ3n) is 12.7. The smallest absolute Gasteiger partial charge is 0.149 e. The van der Waals surface area contributed by atoms with Crippen LogP contribution in [0.3, 0.4) is 0 Å². The normalized spacial score (nSPS) is 15.7. The van der Waals surface area contributed by atoms with Crippen LogP contribution in [0.2, 0.25) is 0 Å². The van der Waals surface area contributed by atoms with E-state index in [1.807, 2.05) is 109 Å². The van der Waals surface area contributed by atoms with Gasteiger partial charge in [-0.15, -0.1) is 0 Å². The number of pyridine rings is 1. The molecule has 0 bridgehead atoms. The molecule has 1 N–H and O–H groups in total. The molecule has 1 aliphatic carbocycles. The molecule has 0 saturated carbocycles. The zero-order chi connectivity index (χ0) is 52.6. The topological polar surface area (TPSA) is 50.9 Å². The molecular formula is C61H61N3O. The predicted molar refractivity (Wildman–Crippen MR) is 275 cm³/mol. The lowest BCUT2D eigenvalue weighted by molar-refractivity contribution is 0.471. The minimum Gasteiger partial charge on any atom is -0.507 e. The minimum atomic E-state index is -2.62. The van der Waals surface area contributed by atoms with Crippen molar-refractivity contribution in [2.45, 2.75) is 99.1 Å². The van der Waals surface area contributed by atoms with Gasteiger partial charge >= 0.3 is 0 Å². The molecule has 0 aliphatic heterocycles. The molecule has 0 fully saturated rings. The molecule has 8 aromatic rings. The Morgan fingerprint density at radius 1 is 0.631 bits per heavy atom. The first-order chi connectivity index (χ1) is 34.1. The van der Waals surface area contributed by atoms with Gasteiger partial charge in [0.1, 0.15) is 11.6 Å². The van der Waals surface area contributed by atoms with E-state index in [4.69, 9.17) is 20.9 Å². The van der Waals surface area contributed by atoms with E-state index in [9.17, 15) is 5.11 Å². The highest BCUT2D eigenvalue weighted by Gasteiger charge is 2.25. The lowest BCUT2D eigenvalue weighted by Gasteiger charge is -2.22. The Labute approximate surface area is 397 Å². The van der Waals surface area contributed by atoms with Crippen LogP contribution < -0.4 is 0 Å². The van der Waals surface area contributed by atoms with Crippen LogP contribution in [0.25, 0.3) is 78.3 Å². The standard InChI is InChI=1S/C61H61N3O/c1-37(2)46-29-47(38(3)4)31-49(30-46)44-23-24-56(40(6)27-44)64-57-18-14-17-53(58(57)63-60(64)54-36-52(61(8,9)10)28-41(7)59(54)65)50-32-48(42-15-12-11-13-16-42)33-51(34-50)55-35-45(25-26-62-55)43-21-19-39(5)20-22-43/h11-19,21,23-38,65H,20,22H2,1-10H3/i5D3,6D3,37D,38D. The van der Waals surface area contributed by atoms with Crippen LogP contribution in [-0.4, -0.2) is 19.6 Å². The van der Waals surface area contributed by atoms with Crippen molar-refractivity contribution in [3.05, 3.63) is 185 Å². The second-order valence-electron chi connectivity index (χ2n) is 18.9. The first-order valence-corrected chi connectivity index (χ1v) is 22.4. The van der Waals surface area contributed by atoms with Gasteiger partial charge in [-0.3, -0.25) is 9.55 Å². The maximum Gasteiger partial charge on any atom is 0.149 e. The average molecular weight is 860 g/mol. The third kappa shape index (κ3) is 8.63. The molecule has 4 heteroatoms. The number of aromatic hydroxyl groups is 1. The molecule has 326 valence electrons. The summed E-state index contributed by atoms with van der Waals surface area (Å²) < 4.78 is 70.7. The van der Waals surface area contributed by atoms with Gasteiger partial charge in [0.15, 0.2) is 0 Å². The van der Waals surface area contributed by atoms with Crippen LogP contribution in [0.15, 0.2) is 151 Å². The van der Waals surface area contributed by atoms with Crippen LogP contribution in [-0.2, 0) is 5.41 Å². The van der Waals surface area contributed by atoms with Crippen molar-refractivity contribution in [1.29, 1.82) is 0 Å². The first-order valence-electron chi connectivity index (χ1n) is 26.4. The van der Waals surface area contributed by atoms with Gasteiger partial charge in [0.05, 0.1) is 28.0 Å². The van der Waals surface area contributed by atoms with Crippen molar-refractivity contribution >= 4 is 16.6 Å². The van der Waals surface area contributed by atoms with E-state index in [1.165, 1.54) is 0 Å². The number of benzene rings is 6. The quantitative estimate of drug-likeness (QED) is 0.157. The first kappa shape index (κ1) is 34.6. The molecule has 4 nitrogen and oxygen atoms in total. The fraction of sp³-hybridized carbons (Fsp3) is 0.246. The molecule has 0 unspecified atom stereocenters. The Bertz CT molecular complexity index is 3470. The van der Waals surface area contributed by atoms with Crippen molar-refractivity contribution in [3.63, 3.8) is 0 Å². The summed E-state index contributed by atoms with van der Waals surface area (Å²) >= 11 is 0. The van der Waals surface area contributed by atoms with Crippen molar-refractivity contribution in [3.8, 4) is 67.5 Å². The van der Waals surface area contributed by atoms with Gasteiger partial charge in [0.2, 0.25) is 0 Å². The van der Waals surface area contributed by atoms with Crippen LogP contribution >= 0.6 is 0 Å². The van der Waals surface area contributed by atoms with E-state index in [2.05, 4.69) is 51.1 Å². The fourth-order valence-corrected chi connectivity index (χ4v) is 8.82. The van der Waals surface area contributed by atoms with Gasteiger partial charge in [-0.05, 0) is 172 Å². The highest BCUT2D eigenvalue weighted by Crippen LogP contribution is 2.43. The number of hydrogen-bond donors (Lipinski definition) is 1. The maximum absolute atomic E-state index is 12.1. The molecule has 0 saturated heterocycles.